The van der Waals surface area contributed by atoms with Gasteiger partial charge in [0.05, 0.1) is 29.3 Å². The van der Waals surface area contributed by atoms with Crippen LogP contribution in [0.4, 0.5) is 5.69 Å². The Balaban J connectivity index is 2.49. The Morgan fingerprint density at radius 3 is 1.97 bits per heavy atom. The molecule has 0 saturated heterocycles. The van der Waals surface area contributed by atoms with Crippen molar-refractivity contribution in [3.8, 4) is 5.75 Å². The standard InChI is InChI=1S/C19H19NO9S/c1-4-27-18(21)13-8-14(19(22)28-5-2)10-15(9-13)29-30(25,26)16-7-6-12(3)17(11-16)20(23)24/h6-11H,4-5H2,1-3H3. The van der Waals surface area contributed by atoms with Gasteiger partial charge >= 0.3 is 22.1 Å². The number of aryl methyl sites for hydroxylation is 1. The van der Waals surface area contributed by atoms with E-state index in [9.17, 15) is 28.1 Å². The zero-order valence-electron chi connectivity index (χ0n) is 16.4. The maximum absolute atomic E-state index is 12.6. The topological polar surface area (TPSA) is 139 Å². The van der Waals surface area contributed by atoms with Crippen molar-refractivity contribution in [3.63, 3.8) is 0 Å². The number of nitrogens with zero attached hydrogens (tertiary/aromatic N) is 1. The molecule has 0 radical (unpaired) electrons. The third-order valence-corrected chi connectivity index (χ3v) is 5.04. The summed E-state index contributed by atoms with van der Waals surface area (Å²) in [5.41, 5.74) is -0.370. The van der Waals surface area contributed by atoms with Gasteiger partial charge in [-0.1, -0.05) is 6.07 Å². The van der Waals surface area contributed by atoms with E-state index in [1.807, 2.05) is 0 Å². The van der Waals surface area contributed by atoms with Crippen molar-refractivity contribution in [1.82, 2.24) is 0 Å². The van der Waals surface area contributed by atoms with E-state index >= 15 is 0 Å². The summed E-state index contributed by atoms with van der Waals surface area (Å²) >= 11 is 0. The number of nitro benzene ring substituents is 1. The van der Waals surface area contributed by atoms with Gasteiger partial charge in [-0.2, -0.15) is 8.42 Å². The van der Waals surface area contributed by atoms with Gasteiger partial charge in [0.15, 0.2) is 0 Å². The van der Waals surface area contributed by atoms with E-state index in [0.29, 0.717) is 0 Å². The lowest BCUT2D eigenvalue weighted by molar-refractivity contribution is -0.385. The largest absolute Gasteiger partial charge is 0.462 e. The highest BCUT2D eigenvalue weighted by Gasteiger charge is 2.23. The lowest BCUT2D eigenvalue weighted by atomic mass is 10.1. The zero-order valence-corrected chi connectivity index (χ0v) is 17.2. The highest BCUT2D eigenvalue weighted by atomic mass is 32.2. The van der Waals surface area contributed by atoms with Crippen LogP contribution in [0, 0.1) is 17.0 Å². The average Bonchev–Trinajstić information content (AvgIpc) is 2.67. The van der Waals surface area contributed by atoms with Crippen molar-refractivity contribution >= 4 is 27.7 Å². The second-order valence-corrected chi connectivity index (χ2v) is 7.48. The second-order valence-electron chi connectivity index (χ2n) is 5.93. The molecule has 0 aliphatic heterocycles. The molecule has 0 saturated carbocycles. The summed E-state index contributed by atoms with van der Waals surface area (Å²) in [4.78, 5) is 34.1. The monoisotopic (exact) mass is 437 g/mol. The Morgan fingerprint density at radius 1 is 0.967 bits per heavy atom. The van der Waals surface area contributed by atoms with Crippen LogP contribution < -0.4 is 4.18 Å². The van der Waals surface area contributed by atoms with E-state index in [0.717, 1.165) is 24.3 Å². The van der Waals surface area contributed by atoms with Gasteiger partial charge in [-0.25, -0.2) is 9.59 Å². The number of nitro groups is 1. The number of benzene rings is 2. The van der Waals surface area contributed by atoms with Crippen LogP contribution in [0.5, 0.6) is 5.75 Å². The van der Waals surface area contributed by atoms with E-state index in [1.165, 1.54) is 19.1 Å². The first-order valence-corrected chi connectivity index (χ1v) is 10.2. The van der Waals surface area contributed by atoms with Crippen LogP contribution in [0.25, 0.3) is 0 Å². The number of hydrogen-bond acceptors (Lipinski definition) is 9. The number of rotatable bonds is 8. The van der Waals surface area contributed by atoms with E-state index in [-0.39, 0.29) is 35.7 Å². The summed E-state index contributed by atoms with van der Waals surface area (Å²) < 4.78 is 40.0. The van der Waals surface area contributed by atoms with Crippen molar-refractivity contribution < 1.29 is 36.6 Å². The minimum Gasteiger partial charge on any atom is -0.462 e. The third kappa shape index (κ3) is 5.32. The predicted octanol–water partition coefficient (Wildman–Crippen LogP) is 3.02. The van der Waals surface area contributed by atoms with E-state index in [2.05, 4.69) is 0 Å². The zero-order chi connectivity index (χ0) is 22.5. The molecular formula is C19H19NO9S. The van der Waals surface area contributed by atoms with Gasteiger partial charge in [0.25, 0.3) is 5.69 Å². The second kappa shape index (κ2) is 9.35. The minimum absolute atomic E-state index is 0.0595. The minimum atomic E-state index is -4.50. The number of esters is 2. The molecule has 0 aliphatic rings. The molecule has 0 bridgehead atoms. The summed E-state index contributed by atoms with van der Waals surface area (Å²) in [7, 11) is -4.50. The van der Waals surface area contributed by atoms with E-state index in [4.69, 9.17) is 13.7 Å². The molecule has 0 N–H and O–H groups in total. The molecule has 2 rings (SSSR count). The molecule has 0 aromatic heterocycles. The molecule has 0 unspecified atom stereocenters. The van der Waals surface area contributed by atoms with E-state index in [1.54, 1.807) is 13.8 Å². The van der Waals surface area contributed by atoms with Crippen LogP contribution in [0.1, 0.15) is 40.1 Å². The smallest absolute Gasteiger partial charge is 0.339 e. The Morgan fingerprint density at radius 2 is 1.50 bits per heavy atom. The molecule has 160 valence electrons. The van der Waals surface area contributed by atoms with Crippen molar-refractivity contribution in [1.29, 1.82) is 0 Å². The molecule has 0 heterocycles. The highest BCUT2D eigenvalue weighted by Crippen LogP contribution is 2.26. The average molecular weight is 437 g/mol. The summed E-state index contributed by atoms with van der Waals surface area (Å²) in [6.07, 6.45) is 0. The van der Waals surface area contributed by atoms with Crippen molar-refractivity contribution in [2.45, 2.75) is 25.7 Å². The molecule has 0 spiro atoms. The molecule has 2 aromatic rings. The van der Waals surface area contributed by atoms with Crippen LogP contribution in [-0.4, -0.2) is 38.5 Å². The van der Waals surface area contributed by atoms with Gasteiger partial charge in [-0.3, -0.25) is 10.1 Å². The SMILES string of the molecule is CCOC(=O)c1cc(OS(=O)(=O)c2ccc(C)c([N+](=O)[O-])c2)cc(C(=O)OCC)c1. The Kier molecular flexibility index (Phi) is 7.11. The van der Waals surface area contributed by atoms with Crippen LogP contribution in [0.3, 0.4) is 0 Å². The van der Waals surface area contributed by atoms with Gasteiger partial charge in [-0.05, 0) is 45.0 Å². The first-order chi connectivity index (χ1) is 14.1. The lowest BCUT2D eigenvalue weighted by Crippen LogP contribution is -2.13. The normalized spacial score (nSPS) is 10.9. The van der Waals surface area contributed by atoms with Crippen LogP contribution in [0.15, 0.2) is 41.3 Å². The van der Waals surface area contributed by atoms with Crippen molar-refractivity contribution in [2.24, 2.45) is 0 Å². The predicted molar refractivity (Wildman–Crippen MR) is 104 cm³/mol. The molecule has 0 fully saturated rings. The lowest BCUT2D eigenvalue weighted by Gasteiger charge is -2.11. The summed E-state index contributed by atoms with van der Waals surface area (Å²) in [5.74, 6) is -1.94. The van der Waals surface area contributed by atoms with Crippen molar-refractivity contribution in [2.75, 3.05) is 13.2 Å². The molecule has 30 heavy (non-hydrogen) atoms. The maximum Gasteiger partial charge on any atom is 0.339 e. The fraction of sp³-hybridized carbons (Fsp3) is 0.263. The first-order valence-electron chi connectivity index (χ1n) is 8.78. The molecular weight excluding hydrogens is 418 g/mol. The number of hydrogen-bond donors (Lipinski definition) is 0. The molecule has 2 aromatic carbocycles. The molecule has 11 heteroatoms. The van der Waals surface area contributed by atoms with Gasteiger partial charge in [-0.15, -0.1) is 0 Å². The van der Waals surface area contributed by atoms with Crippen LogP contribution in [-0.2, 0) is 19.6 Å². The van der Waals surface area contributed by atoms with E-state index < -0.39 is 37.6 Å². The quantitative estimate of drug-likeness (QED) is 0.264. The van der Waals surface area contributed by atoms with Crippen molar-refractivity contribution in [3.05, 3.63) is 63.2 Å². The highest BCUT2D eigenvalue weighted by molar-refractivity contribution is 7.87. The Hall–Kier alpha value is -3.47. The fourth-order valence-corrected chi connectivity index (χ4v) is 3.36. The van der Waals surface area contributed by atoms with Gasteiger partial charge in [0.1, 0.15) is 10.6 Å². The third-order valence-electron chi connectivity index (χ3n) is 3.80. The number of carbonyl (C=O) groups is 2. The molecule has 0 atom stereocenters. The van der Waals surface area contributed by atoms with Gasteiger partial charge < -0.3 is 13.7 Å². The first kappa shape index (κ1) is 22.8. The summed E-state index contributed by atoms with van der Waals surface area (Å²) in [6.45, 7) is 4.75. The fourth-order valence-electron chi connectivity index (χ4n) is 2.43. The Labute approximate surface area is 172 Å². The van der Waals surface area contributed by atoms with Crippen LogP contribution >= 0.6 is 0 Å². The van der Waals surface area contributed by atoms with Crippen LogP contribution in [0.2, 0.25) is 0 Å². The molecule has 0 amide bonds. The Bertz CT molecular complexity index is 1060. The molecule has 0 aliphatic carbocycles. The summed E-state index contributed by atoms with van der Waals surface area (Å²) in [6, 6.07) is 6.65. The van der Waals surface area contributed by atoms with Gasteiger partial charge in [0.2, 0.25) is 0 Å². The summed E-state index contributed by atoms with van der Waals surface area (Å²) in [5, 5.41) is 11.1. The van der Waals surface area contributed by atoms with Gasteiger partial charge in [0, 0.05) is 11.6 Å². The number of carbonyl (C=O) groups excluding carboxylic acids is 2. The molecule has 10 nitrogen and oxygen atoms in total. The number of ether oxygens (including phenoxy) is 2. The maximum atomic E-state index is 12.6.